The van der Waals surface area contributed by atoms with E-state index in [0.717, 1.165) is 0 Å². The molecule has 3 aliphatic heterocycles. The number of carbonyl (C=O) groups excluding carboxylic acids is 3. The smallest absolute Gasteiger partial charge is 0.315 e. The van der Waals surface area contributed by atoms with Gasteiger partial charge in [-0.25, -0.2) is 0 Å². The third-order valence-electron chi connectivity index (χ3n) is 4.17. The van der Waals surface area contributed by atoms with Gasteiger partial charge in [-0.15, -0.1) is 0 Å². The van der Waals surface area contributed by atoms with Crippen LogP contribution < -0.4 is 0 Å². The van der Waals surface area contributed by atoms with E-state index < -0.39 is 23.1 Å². The van der Waals surface area contributed by atoms with Crippen molar-refractivity contribution in [2.45, 2.75) is 31.5 Å². The van der Waals surface area contributed by atoms with Crippen molar-refractivity contribution in [1.29, 1.82) is 0 Å². The van der Waals surface area contributed by atoms with Gasteiger partial charge in [0.25, 0.3) is 0 Å². The second-order valence-electron chi connectivity index (χ2n) is 5.18. The molecule has 2 fully saturated rings. The summed E-state index contributed by atoms with van der Waals surface area (Å²) in [5, 5.41) is 0. The maximum absolute atomic E-state index is 12.1. The van der Waals surface area contributed by atoms with E-state index in [2.05, 4.69) is 0 Å². The molecule has 3 aliphatic rings. The van der Waals surface area contributed by atoms with E-state index in [-0.39, 0.29) is 18.4 Å². The van der Waals surface area contributed by atoms with Gasteiger partial charge < -0.3 is 14.2 Å². The van der Waals surface area contributed by atoms with Crippen LogP contribution in [-0.2, 0) is 28.6 Å². The number of ketones is 1. The second kappa shape index (κ2) is 3.90. The summed E-state index contributed by atoms with van der Waals surface area (Å²) in [6.07, 6.45) is 3.08. The van der Waals surface area contributed by atoms with Gasteiger partial charge in [0, 0.05) is 19.8 Å². The van der Waals surface area contributed by atoms with Crippen molar-refractivity contribution in [1.82, 2.24) is 0 Å². The molecule has 1 spiro atoms. The molecule has 6 heteroatoms. The lowest BCUT2D eigenvalue weighted by Crippen LogP contribution is -2.51. The van der Waals surface area contributed by atoms with Crippen molar-refractivity contribution in [3.05, 3.63) is 12.2 Å². The predicted molar refractivity (Wildman–Crippen MR) is 61.0 cm³/mol. The largest absolute Gasteiger partial charge is 0.465 e. The first kappa shape index (κ1) is 12.3. The first-order chi connectivity index (χ1) is 8.99. The highest BCUT2D eigenvalue weighted by molar-refractivity contribution is 5.97. The van der Waals surface area contributed by atoms with Crippen LogP contribution in [0, 0.1) is 5.41 Å². The maximum Gasteiger partial charge on any atom is 0.315 e. The van der Waals surface area contributed by atoms with E-state index in [1.54, 1.807) is 6.08 Å². The zero-order chi connectivity index (χ0) is 13.7. The molecule has 0 aromatic carbocycles. The molecule has 19 heavy (non-hydrogen) atoms. The van der Waals surface area contributed by atoms with E-state index in [4.69, 9.17) is 14.2 Å². The molecule has 3 heterocycles. The summed E-state index contributed by atoms with van der Waals surface area (Å²) in [4.78, 5) is 34.8. The molecule has 0 N–H and O–H groups in total. The number of carbonyl (C=O) groups is 3. The van der Waals surface area contributed by atoms with Crippen molar-refractivity contribution >= 4 is 17.7 Å². The summed E-state index contributed by atoms with van der Waals surface area (Å²) in [6.45, 7) is 1.52. The fourth-order valence-corrected chi connectivity index (χ4v) is 3.14. The first-order valence-electron chi connectivity index (χ1n) is 6.21. The van der Waals surface area contributed by atoms with Crippen molar-refractivity contribution in [2.24, 2.45) is 5.41 Å². The Balaban J connectivity index is 2.00. The normalized spacial score (nSPS) is 39.7. The summed E-state index contributed by atoms with van der Waals surface area (Å²) in [7, 11) is 0. The van der Waals surface area contributed by atoms with E-state index in [9.17, 15) is 14.4 Å². The van der Waals surface area contributed by atoms with Gasteiger partial charge in [-0.3, -0.25) is 14.4 Å². The molecule has 2 bridgehead atoms. The molecule has 0 amide bonds. The third kappa shape index (κ3) is 1.56. The van der Waals surface area contributed by atoms with Crippen LogP contribution in [0.5, 0.6) is 0 Å². The summed E-state index contributed by atoms with van der Waals surface area (Å²) < 4.78 is 15.8. The van der Waals surface area contributed by atoms with Crippen molar-refractivity contribution in [2.75, 3.05) is 13.2 Å². The fourth-order valence-electron chi connectivity index (χ4n) is 3.14. The lowest BCUT2D eigenvalue weighted by molar-refractivity contribution is -0.167. The Hall–Kier alpha value is -1.69. The zero-order valence-corrected chi connectivity index (χ0v) is 10.5. The average Bonchev–Trinajstić information content (AvgIpc) is 2.86. The average molecular weight is 266 g/mol. The van der Waals surface area contributed by atoms with Crippen LogP contribution in [0.3, 0.4) is 0 Å². The van der Waals surface area contributed by atoms with Crippen LogP contribution in [0.25, 0.3) is 0 Å². The van der Waals surface area contributed by atoms with Gasteiger partial charge >= 0.3 is 11.9 Å². The number of hydrogen-bond donors (Lipinski definition) is 0. The number of ether oxygens (including phenoxy) is 3. The first-order valence-corrected chi connectivity index (χ1v) is 6.21. The SMILES string of the molecule is CC(=O)OC[C@@]12C=CC(=O)[C@@H](C[C@@]13CCOC3=O)O2. The number of rotatable bonds is 2. The Kier molecular flexibility index (Phi) is 2.53. The van der Waals surface area contributed by atoms with Gasteiger partial charge in [-0.2, -0.15) is 0 Å². The molecule has 0 radical (unpaired) electrons. The van der Waals surface area contributed by atoms with Crippen molar-refractivity contribution in [3.8, 4) is 0 Å². The molecule has 3 rings (SSSR count). The van der Waals surface area contributed by atoms with Crippen LogP contribution in [0.1, 0.15) is 19.8 Å². The topological polar surface area (TPSA) is 78.9 Å². The van der Waals surface area contributed by atoms with Gasteiger partial charge in [-0.05, 0) is 12.2 Å². The molecule has 0 aromatic heterocycles. The molecule has 0 saturated carbocycles. The third-order valence-corrected chi connectivity index (χ3v) is 4.17. The summed E-state index contributed by atoms with van der Waals surface area (Å²) in [5.41, 5.74) is -1.97. The minimum absolute atomic E-state index is 0.0717. The highest BCUT2D eigenvalue weighted by atomic mass is 16.6. The molecular formula is C13H14O6. The zero-order valence-electron chi connectivity index (χ0n) is 10.5. The summed E-state index contributed by atoms with van der Waals surface area (Å²) in [6, 6.07) is 0. The monoisotopic (exact) mass is 266 g/mol. The number of hydrogen-bond acceptors (Lipinski definition) is 6. The predicted octanol–water partition coefficient (Wildman–Crippen LogP) is 0.149. The lowest BCUT2D eigenvalue weighted by Gasteiger charge is -2.36. The molecule has 0 aromatic rings. The fraction of sp³-hybridized carbons (Fsp3) is 0.615. The molecule has 102 valence electrons. The van der Waals surface area contributed by atoms with E-state index in [1.807, 2.05) is 0 Å². The van der Waals surface area contributed by atoms with Crippen LogP contribution in [-0.4, -0.2) is 42.6 Å². The number of fused-ring (bicyclic) bond motifs is 3. The standard InChI is InChI=1S/C13H14O6/c1-8(14)18-7-13-3-2-9(15)10(19-13)6-12(13)4-5-17-11(12)16/h2-3,10H,4-7H2,1H3/t10-,12-,13+/m1/s1. The lowest BCUT2D eigenvalue weighted by atomic mass is 9.70. The number of esters is 2. The Labute approximate surface area is 109 Å². The summed E-state index contributed by atoms with van der Waals surface area (Å²) in [5.74, 6) is -0.982. The van der Waals surface area contributed by atoms with Gasteiger partial charge in [-0.1, -0.05) is 0 Å². The highest BCUT2D eigenvalue weighted by Crippen LogP contribution is 2.55. The number of cyclic esters (lactones) is 1. The maximum atomic E-state index is 12.1. The highest BCUT2D eigenvalue weighted by Gasteiger charge is 2.68. The molecule has 0 unspecified atom stereocenters. The van der Waals surface area contributed by atoms with Gasteiger partial charge in [0.15, 0.2) is 5.78 Å². The minimum atomic E-state index is -1.06. The summed E-state index contributed by atoms with van der Waals surface area (Å²) >= 11 is 0. The van der Waals surface area contributed by atoms with Crippen LogP contribution >= 0.6 is 0 Å². The van der Waals surface area contributed by atoms with Crippen LogP contribution in [0.15, 0.2) is 12.2 Å². The second-order valence-corrected chi connectivity index (χ2v) is 5.18. The van der Waals surface area contributed by atoms with Gasteiger partial charge in [0.1, 0.15) is 23.7 Å². The van der Waals surface area contributed by atoms with Gasteiger partial charge in [0.2, 0.25) is 0 Å². The van der Waals surface area contributed by atoms with Crippen LogP contribution in [0.2, 0.25) is 0 Å². The van der Waals surface area contributed by atoms with E-state index in [0.29, 0.717) is 19.4 Å². The van der Waals surface area contributed by atoms with Crippen molar-refractivity contribution < 1.29 is 28.6 Å². The molecule has 3 atom stereocenters. The Morgan fingerprint density at radius 1 is 1.53 bits per heavy atom. The minimum Gasteiger partial charge on any atom is -0.465 e. The molecule has 2 saturated heterocycles. The Morgan fingerprint density at radius 3 is 2.95 bits per heavy atom. The van der Waals surface area contributed by atoms with Crippen molar-refractivity contribution in [3.63, 3.8) is 0 Å². The Bertz CT molecular complexity index is 495. The molecule has 0 aliphatic carbocycles. The molecule has 6 nitrogen and oxygen atoms in total. The van der Waals surface area contributed by atoms with E-state index in [1.165, 1.54) is 13.0 Å². The van der Waals surface area contributed by atoms with E-state index >= 15 is 0 Å². The Morgan fingerprint density at radius 2 is 2.32 bits per heavy atom. The molecular weight excluding hydrogens is 252 g/mol. The van der Waals surface area contributed by atoms with Gasteiger partial charge in [0.05, 0.1) is 6.61 Å². The van der Waals surface area contributed by atoms with Crippen LogP contribution in [0.4, 0.5) is 0 Å². The quantitative estimate of drug-likeness (QED) is 0.662.